The van der Waals surface area contributed by atoms with Crippen molar-refractivity contribution in [2.45, 2.75) is 26.4 Å². The van der Waals surface area contributed by atoms with Gasteiger partial charge in [0.2, 0.25) is 0 Å². The Morgan fingerprint density at radius 2 is 1.83 bits per heavy atom. The molecule has 29 heavy (non-hydrogen) atoms. The number of ether oxygens (including phenoxy) is 4. The van der Waals surface area contributed by atoms with E-state index in [1.807, 2.05) is 0 Å². The Morgan fingerprint density at radius 1 is 1.10 bits per heavy atom. The third-order valence-electron chi connectivity index (χ3n) is 3.29. The topological polar surface area (TPSA) is 96.0 Å². The van der Waals surface area contributed by atoms with Crippen LogP contribution in [-0.2, 0) is 9.47 Å². The number of carbonyl (C=O) groups excluding carboxylic acids is 2. The molecule has 9 heteroatoms. The van der Waals surface area contributed by atoms with Crippen LogP contribution < -0.4 is 14.8 Å². The van der Waals surface area contributed by atoms with Crippen LogP contribution in [0.1, 0.15) is 31.3 Å². The van der Waals surface area contributed by atoms with Crippen LogP contribution in [0.15, 0.2) is 41.0 Å². The first-order valence-corrected chi connectivity index (χ1v) is 9.58. The zero-order valence-corrected chi connectivity index (χ0v) is 18.2. The lowest BCUT2D eigenvalue weighted by Gasteiger charge is -2.19. The second-order valence-corrected chi connectivity index (χ2v) is 7.64. The van der Waals surface area contributed by atoms with E-state index in [4.69, 9.17) is 18.9 Å². The zero-order valence-electron chi connectivity index (χ0n) is 16.7. The van der Waals surface area contributed by atoms with Gasteiger partial charge in [0.25, 0.3) is 0 Å². The summed E-state index contributed by atoms with van der Waals surface area (Å²) in [4.78, 5) is 27.7. The Balaban J connectivity index is 1.89. The third kappa shape index (κ3) is 7.61. The number of pyridine rings is 1. The first-order chi connectivity index (χ1) is 13.7. The summed E-state index contributed by atoms with van der Waals surface area (Å²) in [5.41, 5.74) is 0.0358. The molecule has 0 atom stereocenters. The number of carbonyl (C=O) groups is 2. The van der Waals surface area contributed by atoms with Crippen molar-refractivity contribution in [1.82, 2.24) is 4.98 Å². The molecule has 1 heterocycles. The average molecular weight is 467 g/mol. The van der Waals surface area contributed by atoms with Gasteiger partial charge >= 0.3 is 12.1 Å². The number of amides is 1. The van der Waals surface area contributed by atoms with Crippen LogP contribution in [0.2, 0.25) is 0 Å². The molecule has 1 aromatic carbocycles. The first-order valence-electron chi connectivity index (χ1n) is 8.78. The maximum atomic E-state index is 11.9. The number of hydrogen-bond donors (Lipinski definition) is 1. The molecular formula is C20H23BrN2O6. The predicted octanol–water partition coefficient (Wildman–Crippen LogP) is 4.44. The van der Waals surface area contributed by atoms with Crippen LogP contribution in [-0.4, -0.2) is 43.0 Å². The summed E-state index contributed by atoms with van der Waals surface area (Å²) < 4.78 is 21.6. The Morgan fingerprint density at radius 3 is 2.52 bits per heavy atom. The van der Waals surface area contributed by atoms with Gasteiger partial charge in [-0.05, 0) is 61.0 Å². The van der Waals surface area contributed by atoms with Crippen molar-refractivity contribution < 1.29 is 28.5 Å². The van der Waals surface area contributed by atoms with Crippen LogP contribution in [0.3, 0.4) is 0 Å². The van der Waals surface area contributed by atoms with E-state index < -0.39 is 17.7 Å². The molecule has 8 nitrogen and oxygen atoms in total. The van der Waals surface area contributed by atoms with Crippen molar-refractivity contribution in [2.24, 2.45) is 0 Å². The Kier molecular flexibility index (Phi) is 7.83. The van der Waals surface area contributed by atoms with Gasteiger partial charge in [-0.2, -0.15) is 0 Å². The van der Waals surface area contributed by atoms with E-state index in [1.165, 1.54) is 7.11 Å². The predicted molar refractivity (Wildman–Crippen MR) is 111 cm³/mol. The summed E-state index contributed by atoms with van der Waals surface area (Å²) in [5.74, 6) is 0.247. The Hall–Kier alpha value is -2.81. The highest BCUT2D eigenvalue weighted by Crippen LogP contribution is 2.21. The quantitative estimate of drug-likeness (QED) is 0.366. The molecule has 0 aliphatic rings. The SMILES string of the molecule is COC(=O)c1nc(Br)ccc1OCCOc1cccc(NC(=O)OC(C)(C)C)c1. The molecule has 0 saturated heterocycles. The van der Waals surface area contributed by atoms with E-state index in [9.17, 15) is 9.59 Å². The number of nitrogens with zero attached hydrogens (tertiary/aromatic N) is 1. The largest absolute Gasteiger partial charge is 0.490 e. The van der Waals surface area contributed by atoms with Gasteiger partial charge in [-0.15, -0.1) is 0 Å². The van der Waals surface area contributed by atoms with E-state index in [0.717, 1.165) is 0 Å². The van der Waals surface area contributed by atoms with Crippen LogP contribution in [0.4, 0.5) is 10.5 Å². The number of aromatic nitrogens is 1. The van der Waals surface area contributed by atoms with Gasteiger partial charge < -0.3 is 18.9 Å². The molecule has 2 aromatic rings. The smallest absolute Gasteiger partial charge is 0.412 e. The third-order valence-corrected chi connectivity index (χ3v) is 3.73. The number of esters is 1. The van der Waals surface area contributed by atoms with Gasteiger partial charge in [-0.3, -0.25) is 5.32 Å². The van der Waals surface area contributed by atoms with Crippen molar-refractivity contribution in [3.63, 3.8) is 0 Å². The summed E-state index contributed by atoms with van der Waals surface area (Å²) >= 11 is 3.21. The second-order valence-electron chi connectivity index (χ2n) is 6.82. The number of rotatable bonds is 7. The summed E-state index contributed by atoms with van der Waals surface area (Å²) in [5, 5.41) is 2.65. The molecule has 0 bridgehead atoms. The Bertz CT molecular complexity index is 866. The van der Waals surface area contributed by atoms with Crippen molar-refractivity contribution in [2.75, 3.05) is 25.6 Å². The molecule has 0 aliphatic heterocycles. The molecule has 0 saturated carbocycles. The van der Waals surface area contributed by atoms with Gasteiger partial charge in [0.05, 0.1) is 7.11 Å². The van der Waals surface area contributed by atoms with Crippen LogP contribution in [0, 0.1) is 0 Å². The van der Waals surface area contributed by atoms with Crippen molar-refractivity contribution >= 4 is 33.7 Å². The first kappa shape index (κ1) is 22.5. The number of anilines is 1. The van der Waals surface area contributed by atoms with Crippen LogP contribution in [0.25, 0.3) is 0 Å². The number of halogens is 1. The van der Waals surface area contributed by atoms with Crippen molar-refractivity contribution in [1.29, 1.82) is 0 Å². The van der Waals surface area contributed by atoms with E-state index in [2.05, 4.69) is 26.2 Å². The average Bonchev–Trinajstić information content (AvgIpc) is 2.64. The molecule has 1 aromatic heterocycles. The standard InChI is InChI=1S/C20H23BrN2O6/c1-20(2,3)29-19(25)22-13-6-5-7-14(12-13)27-10-11-28-15-8-9-16(21)23-17(15)18(24)26-4/h5-9,12H,10-11H2,1-4H3,(H,22,25). The van der Waals surface area contributed by atoms with Crippen molar-refractivity contribution in [3.8, 4) is 11.5 Å². The normalized spacial score (nSPS) is 10.8. The van der Waals surface area contributed by atoms with E-state index in [0.29, 0.717) is 21.8 Å². The highest BCUT2D eigenvalue weighted by atomic mass is 79.9. The van der Waals surface area contributed by atoms with Gasteiger partial charge in [0.1, 0.15) is 29.2 Å². The molecule has 0 unspecified atom stereocenters. The minimum absolute atomic E-state index is 0.0745. The van der Waals surface area contributed by atoms with E-state index >= 15 is 0 Å². The Labute approximate surface area is 177 Å². The molecule has 0 spiro atoms. The van der Waals surface area contributed by atoms with Crippen LogP contribution >= 0.6 is 15.9 Å². The molecule has 156 valence electrons. The lowest BCUT2D eigenvalue weighted by Crippen LogP contribution is -2.27. The molecule has 1 N–H and O–H groups in total. The molecule has 0 radical (unpaired) electrons. The maximum absolute atomic E-state index is 11.9. The minimum atomic E-state index is -0.594. The zero-order chi connectivity index (χ0) is 21.4. The fourth-order valence-electron chi connectivity index (χ4n) is 2.18. The van der Waals surface area contributed by atoms with E-state index in [-0.39, 0.29) is 18.9 Å². The molecule has 0 aliphatic carbocycles. The molecule has 2 rings (SSSR count). The molecule has 0 fully saturated rings. The minimum Gasteiger partial charge on any atom is -0.490 e. The van der Waals surface area contributed by atoms with Crippen molar-refractivity contribution in [3.05, 3.63) is 46.7 Å². The van der Waals surface area contributed by atoms with Gasteiger partial charge in [0, 0.05) is 11.8 Å². The van der Waals surface area contributed by atoms with Gasteiger partial charge in [-0.1, -0.05) is 6.07 Å². The van der Waals surface area contributed by atoms with Gasteiger partial charge in [-0.25, -0.2) is 14.6 Å². The number of hydrogen-bond acceptors (Lipinski definition) is 7. The molecule has 1 amide bonds. The fourth-order valence-corrected chi connectivity index (χ4v) is 2.49. The summed E-state index contributed by atoms with van der Waals surface area (Å²) in [6.07, 6.45) is -0.545. The van der Waals surface area contributed by atoms with E-state index in [1.54, 1.807) is 57.2 Å². The fraction of sp³-hybridized carbons (Fsp3) is 0.350. The second kappa shape index (κ2) is 10.1. The number of benzene rings is 1. The van der Waals surface area contributed by atoms with Gasteiger partial charge in [0.15, 0.2) is 11.4 Å². The maximum Gasteiger partial charge on any atom is 0.412 e. The summed E-state index contributed by atoms with van der Waals surface area (Å²) in [7, 11) is 1.27. The monoisotopic (exact) mass is 466 g/mol. The lowest BCUT2D eigenvalue weighted by atomic mass is 10.2. The summed E-state index contributed by atoms with van der Waals surface area (Å²) in [6, 6.07) is 10.2. The lowest BCUT2D eigenvalue weighted by molar-refractivity contribution is 0.0585. The number of nitrogens with one attached hydrogen (secondary N) is 1. The highest BCUT2D eigenvalue weighted by molar-refractivity contribution is 9.10. The van der Waals surface area contributed by atoms with Crippen LogP contribution in [0.5, 0.6) is 11.5 Å². The number of methoxy groups -OCH3 is 1. The molecular weight excluding hydrogens is 444 g/mol. The summed E-state index contributed by atoms with van der Waals surface area (Å²) in [6.45, 7) is 5.76. The highest BCUT2D eigenvalue weighted by Gasteiger charge is 2.17.